The summed E-state index contributed by atoms with van der Waals surface area (Å²) < 4.78 is 0.874. The van der Waals surface area contributed by atoms with Crippen molar-refractivity contribution in [3.63, 3.8) is 0 Å². The lowest BCUT2D eigenvalue weighted by molar-refractivity contribution is -0.774. The van der Waals surface area contributed by atoms with Crippen LogP contribution in [0.5, 0.6) is 0 Å². The molecule has 0 radical (unpaired) electrons. The molecule has 0 fully saturated rings. The number of hydrogen-bond acceptors (Lipinski definition) is 0. The highest BCUT2D eigenvalue weighted by molar-refractivity contribution is 7.11. The standard InChI is InChI=1S/C34H32BN/c1-26-18-22-32(23-19-26)35(31-16-8-5-9-17-31)34(30-21-20-27-12-10-11-15-29(27)24-30)33(25-36(35,2)3)28-13-6-4-7-14-28/h4-24H,25H2,1-3H3. The highest BCUT2D eigenvalue weighted by Gasteiger charge is 2.53. The van der Waals surface area contributed by atoms with E-state index in [1.54, 1.807) is 0 Å². The van der Waals surface area contributed by atoms with Crippen LogP contribution in [0.25, 0.3) is 21.8 Å². The van der Waals surface area contributed by atoms with E-state index < -0.39 is 6.28 Å². The first-order valence-electron chi connectivity index (χ1n) is 12.9. The van der Waals surface area contributed by atoms with E-state index in [0.717, 1.165) is 10.9 Å². The van der Waals surface area contributed by atoms with Crippen molar-refractivity contribution in [2.24, 2.45) is 0 Å². The monoisotopic (exact) mass is 465 g/mol. The Balaban J connectivity index is 1.77. The largest absolute Gasteiger partial charge is 0.505 e. The molecule has 0 saturated carbocycles. The van der Waals surface area contributed by atoms with Crippen LogP contribution in [0.4, 0.5) is 0 Å². The van der Waals surface area contributed by atoms with Crippen molar-refractivity contribution in [3.8, 4) is 0 Å². The Morgan fingerprint density at radius 1 is 0.556 bits per heavy atom. The molecular weight excluding hydrogens is 433 g/mol. The maximum atomic E-state index is 2.42. The summed E-state index contributed by atoms with van der Waals surface area (Å²) in [4.78, 5) is 0. The zero-order chi connectivity index (χ0) is 24.8. The molecule has 6 rings (SSSR count). The van der Waals surface area contributed by atoms with E-state index in [1.165, 1.54) is 49.4 Å². The number of likely N-dealkylation sites (N-methyl/N-ethyl adjacent to an activating group) is 1. The number of benzene rings is 5. The van der Waals surface area contributed by atoms with Crippen LogP contribution in [0.2, 0.25) is 0 Å². The summed E-state index contributed by atoms with van der Waals surface area (Å²) in [5, 5.41) is 2.57. The molecule has 0 bridgehead atoms. The molecule has 1 nitrogen and oxygen atoms in total. The summed E-state index contributed by atoms with van der Waals surface area (Å²) in [6, 6.07) is 47.3. The molecule has 0 aliphatic carbocycles. The van der Waals surface area contributed by atoms with Gasteiger partial charge in [-0.1, -0.05) is 132 Å². The first kappa shape index (κ1) is 22.6. The zero-order valence-electron chi connectivity index (χ0n) is 21.4. The van der Waals surface area contributed by atoms with Crippen LogP contribution in [0.15, 0.2) is 127 Å². The van der Waals surface area contributed by atoms with Gasteiger partial charge in [0, 0.05) is 14.1 Å². The predicted molar refractivity (Wildman–Crippen MR) is 157 cm³/mol. The Morgan fingerprint density at radius 3 is 1.83 bits per heavy atom. The topological polar surface area (TPSA) is 0 Å². The Morgan fingerprint density at radius 2 is 1.14 bits per heavy atom. The molecule has 5 aromatic rings. The quantitative estimate of drug-likeness (QED) is 0.268. The highest BCUT2D eigenvalue weighted by atomic mass is 15.3. The van der Waals surface area contributed by atoms with Gasteiger partial charge < -0.3 is 4.39 Å². The predicted octanol–water partition coefficient (Wildman–Crippen LogP) is 6.45. The van der Waals surface area contributed by atoms with Gasteiger partial charge in [0.1, 0.15) is 0 Å². The van der Waals surface area contributed by atoms with E-state index in [1.807, 2.05) is 0 Å². The Bertz CT molecular complexity index is 1570. The first-order chi connectivity index (χ1) is 17.5. The summed E-state index contributed by atoms with van der Waals surface area (Å²) in [7, 11) is 4.84. The molecule has 0 amide bonds. The van der Waals surface area contributed by atoms with Crippen molar-refractivity contribution in [1.82, 2.24) is 0 Å². The van der Waals surface area contributed by atoms with E-state index in [-0.39, 0.29) is 0 Å². The third-order valence-electron chi connectivity index (χ3n) is 8.38. The van der Waals surface area contributed by atoms with Crippen LogP contribution in [-0.2, 0) is 0 Å². The van der Waals surface area contributed by atoms with Gasteiger partial charge in [-0.05, 0) is 34.9 Å². The van der Waals surface area contributed by atoms with Crippen LogP contribution >= 0.6 is 0 Å². The maximum absolute atomic E-state index is 2.42. The van der Waals surface area contributed by atoms with Crippen LogP contribution in [0, 0.1) is 6.92 Å². The second-order valence-electron chi connectivity index (χ2n) is 10.9. The minimum atomic E-state index is -1.33. The molecule has 1 heterocycles. The second-order valence-corrected chi connectivity index (χ2v) is 10.9. The van der Waals surface area contributed by atoms with Gasteiger partial charge in [-0.15, -0.1) is 16.4 Å². The fourth-order valence-corrected chi connectivity index (χ4v) is 6.80. The Kier molecular flexibility index (Phi) is 5.43. The average Bonchev–Trinajstić information content (AvgIpc) is 3.17. The van der Waals surface area contributed by atoms with Crippen molar-refractivity contribution in [2.75, 3.05) is 20.6 Å². The number of rotatable bonds is 4. The van der Waals surface area contributed by atoms with E-state index in [9.17, 15) is 0 Å². The Hall–Kier alpha value is -3.88. The van der Waals surface area contributed by atoms with Crippen LogP contribution in [-0.4, -0.2) is 31.3 Å². The molecule has 1 unspecified atom stereocenters. The third-order valence-corrected chi connectivity index (χ3v) is 8.38. The molecule has 36 heavy (non-hydrogen) atoms. The van der Waals surface area contributed by atoms with E-state index in [4.69, 9.17) is 0 Å². The molecule has 5 aromatic carbocycles. The smallest absolute Gasteiger partial charge is 0.292 e. The van der Waals surface area contributed by atoms with Gasteiger partial charge in [0.25, 0.3) is 6.28 Å². The first-order valence-corrected chi connectivity index (χ1v) is 12.9. The van der Waals surface area contributed by atoms with Gasteiger partial charge in [0.15, 0.2) is 0 Å². The number of nitrogens with zero attached hydrogens (tertiary/aromatic N) is 1. The van der Waals surface area contributed by atoms with Crippen LogP contribution < -0.4 is 10.9 Å². The summed E-state index contributed by atoms with van der Waals surface area (Å²) in [5.41, 5.74) is 9.62. The lowest BCUT2D eigenvalue weighted by Gasteiger charge is -2.53. The third kappa shape index (κ3) is 3.45. The summed E-state index contributed by atoms with van der Waals surface area (Å²) >= 11 is 0. The molecule has 176 valence electrons. The van der Waals surface area contributed by atoms with E-state index in [2.05, 4.69) is 148 Å². The highest BCUT2D eigenvalue weighted by Crippen LogP contribution is 2.45. The second kappa shape index (κ2) is 8.66. The fraction of sp³-hybridized carbons (Fsp3) is 0.118. The lowest BCUT2D eigenvalue weighted by Crippen LogP contribution is -2.75. The van der Waals surface area contributed by atoms with Crippen LogP contribution in [0.1, 0.15) is 16.7 Å². The van der Waals surface area contributed by atoms with Gasteiger partial charge >= 0.3 is 0 Å². The van der Waals surface area contributed by atoms with Crippen LogP contribution in [0.3, 0.4) is 0 Å². The van der Waals surface area contributed by atoms with Gasteiger partial charge in [-0.3, -0.25) is 0 Å². The normalized spacial score (nSPS) is 19.1. The molecule has 2 heteroatoms. The van der Waals surface area contributed by atoms with E-state index in [0.29, 0.717) is 0 Å². The SMILES string of the molecule is Cc1ccc([B-]2(c3ccccc3)C(c3ccc4ccccc4c3)=C(c3ccccc3)C[N+]2(C)C)cc1. The number of fused-ring (bicyclic) bond motifs is 1. The van der Waals surface area contributed by atoms with Gasteiger partial charge in [0.2, 0.25) is 0 Å². The van der Waals surface area contributed by atoms with Gasteiger partial charge in [-0.25, -0.2) is 0 Å². The minimum absolute atomic E-state index is 0.874. The van der Waals surface area contributed by atoms with Gasteiger partial charge in [0.05, 0.1) is 6.54 Å². The minimum Gasteiger partial charge on any atom is -0.505 e. The molecule has 0 saturated heterocycles. The fourth-order valence-electron chi connectivity index (χ4n) is 6.80. The zero-order valence-corrected chi connectivity index (χ0v) is 21.4. The lowest BCUT2D eigenvalue weighted by atomic mass is 9.21. The molecule has 0 N–H and O–H groups in total. The molecule has 0 spiro atoms. The summed E-state index contributed by atoms with van der Waals surface area (Å²) in [6.45, 7) is 3.14. The van der Waals surface area contributed by atoms with Crippen molar-refractivity contribution in [3.05, 3.63) is 144 Å². The number of hydrogen-bond donors (Lipinski definition) is 0. The molecule has 1 aliphatic heterocycles. The Labute approximate surface area is 214 Å². The van der Waals surface area contributed by atoms with Crippen molar-refractivity contribution >= 4 is 39.0 Å². The number of quaternary nitrogens is 1. The van der Waals surface area contributed by atoms with Crippen molar-refractivity contribution < 1.29 is 4.39 Å². The van der Waals surface area contributed by atoms with Crippen molar-refractivity contribution in [2.45, 2.75) is 6.92 Å². The van der Waals surface area contributed by atoms with Crippen molar-refractivity contribution in [1.29, 1.82) is 0 Å². The summed E-state index contributed by atoms with van der Waals surface area (Å²) in [5.74, 6) is 0. The average molecular weight is 465 g/mol. The molecule has 1 atom stereocenters. The maximum Gasteiger partial charge on any atom is 0.292 e. The molecular formula is C34H32BN. The summed E-state index contributed by atoms with van der Waals surface area (Å²) in [6.07, 6.45) is -1.33. The number of aryl methyl sites for hydroxylation is 1. The molecule has 0 aromatic heterocycles. The van der Waals surface area contributed by atoms with E-state index >= 15 is 0 Å². The van der Waals surface area contributed by atoms with Gasteiger partial charge in [-0.2, -0.15) is 0 Å². The molecule has 1 aliphatic rings.